The first-order chi connectivity index (χ1) is 8.83. The minimum absolute atomic E-state index is 0.0843. The van der Waals surface area contributed by atoms with Crippen LogP contribution in [-0.2, 0) is 4.74 Å². The van der Waals surface area contributed by atoms with Gasteiger partial charge in [0, 0.05) is 25.0 Å². The van der Waals surface area contributed by atoms with Crippen molar-refractivity contribution < 1.29 is 14.6 Å². The Bertz CT molecular complexity index is 364. The van der Waals surface area contributed by atoms with Crippen LogP contribution in [-0.4, -0.2) is 38.1 Å². The summed E-state index contributed by atoms with van der Waals surface area (Å²) in [6.45, 7) is 1.73. The zero-order chi connectivity index (χ0) is 12.8. The van der Waals surface area contributed by atoms with Crippen molar-refractivity contribution in [3.63, 3.8) is 0 Å². The van der Waals surface area contributed by atoms with E-state index in [1.54, 1.807) is 7.11 Å². The van der Waals surface area contributed by atoms with E-state index in [-0.39, 0.29) is 12.6 Å². The molecule has 1 saturated heterocycles. The lowest BCUT2D eigenvalue weighted by Crippen LogP contribution is -2.36. The molecular weight excluding hydrogens is 230 g/mol. The zero-order valence-corrected chi connectivity index (χ0v) is 10.8. The Morgan fingerprint density at radius 1 is 1.44 bits per heavy atom. The van der Waals surface area contributed by atoms with Gasteiger partial charge in [0.2, 0.25) is 0 Å². The van der Waals surface area contributed by atoms with Gasteiger partial charge in [-0.15, -0.1) is 0 Å². The monoisotopic (exact) mass is 251 g/mol. The topological polar surface area (TPSA) is 50.7 Å². The normalized spacial score (nSPS) is 18.3. The summed E-state index contributed by atoms with van der Waals surface area (Å²) < 4.78 is 10.5. The van der Waals surface area contributed by atoms with Crippen LogP contribution in [0.4, 0.5) is 5.69 Å². The van der Waals surface area contributed by atoms with Gasteiger partial charge in [-0.25, -0.2) is 0 Å². The molecule has 1 atom stereocenters. The van der Waals surface area contributed by atoms with Gasteiger partial charge in [-0.2, -0.15) is 0 Å². The van der Waals surface area contributed by atoms with Crippen molar-refractivity contribution in [2.45, 2.75) is 18.9 Å². The summed E-state index contributed by atoms with van der Waals surface area (Å²) in [6, 6.07) is 7.88. The standard InChI is InChI=1S/C14H21NO3/c1-17-13-4-2-3-12(9-13)15-14(10-16)11-5-7-18-8-6-11/h2-4,9,11,14-16H,5-8,10H2,1H3. The van der Waals surface area contributed by atoms with Gasteiger partial charge in [0.1, 0.15) is 5.75 Å². The molecule has 1 fully saturated rings. The van der Waals surface area contributed by atoms with Gasteiger partial charge in [0.15, 0.2) is 0 Å². The predicted octanol–water partition coefficient (Wildman–Crippen LogP) is 1.89. The van der Waals surface area contributed by atoms with Crippen LogP contribution in [0.25, 0.3) is 0 Å². The number of hydrogen-bond acceptors (Lipinski definition) is 4. The number of nitrogens with one attached hydrogen (secondary N) is 1. The fourth-order valence-corrected chi connectivity index (χ4v) is 2.36. The Morgan fingerprint density at radius 3 is 2.89 bits per heavy atom. The fourth-order valence-electron chi connectivity index (χ4n) is 2.36. The number of rotatable bonds is 5. The minimum atomic E-state index is 0.0843. The number of methoxy groups -OCH3 is 1. The van der Waals surface area contributed by atoms with Gasteiger partial charge in [-0.05, 0) is 30.9 Å². The number of ether oxygens (including phenoxy) is 2. The average Bonchev–Trinajstić information content (AvgIpc) is 2.46. The molecule has 0 bridgehead atoms. The SMILES string of the molecule is COc1cccc(NC(CO)C2CCOCC2)c1. The van der Waals surface area contributed by atoms with Crippen molar-refractivity contribution in [3.8, 4) is 5.75 Å². The third-order valence-electron chi connectivity index (χ3n) is 3.45. The first kappa shape index (κ1) is 13.2. The molecule has 0 aromatic heterocycles. The van der Waals surface area contributed by atoms with Gasteiger partial charge in [-0.1, -0.05) is 6.07 Å². The van der Waals surface area contributed by atoms with Gasteiger partial charge in [0.25, 0.3) is 0 Å². The van der Waals surface area contributed by atoms with E-state index in [1.165, 1.54) is 0 Å². The molecule has 4 heteroatoms. The maximum atomic E-state index is 9.53. The van der Waals surface area contributed by atoms with E-state index in [1.807, 2.05) is 24.3 Å². The Balaban J connectivity index is 1.99. The largest absolute Gasteiger partial charge is 0.497 e. The van der Waals surface area contributed by atoms with Crippen LogP contribution in [0.1, 0.15) is 12.8 Å². The number of benzene rings is 1. The molecule has 1 aliphatic heterocycles. The summed E-state index contributed by atoms with van der Waals surface area (Å²) in [6.07, 6.45) is 2.00. The van der Waals surface area contributed by atoms with Crippen molar-refractivity contribution in [1.82, 2.24) is 0 Å². The summed E-state index contributed by atoms with van der Waals surface area (Å²) in [4.78, 5) is 0. The van der Waals surface area contributed by atoms with Crippen LogP contribution >= 0.6 is 0 Å². The molecule has 0 spiro atoms. The van der Waals surface area contributed by atoms with E-state index in [9.17, 15) is 5.11 Å². The van der Waals surface area contributed by atoms with E-state index < -0.39 is 0 Å². The minimum Gasteiger partial charge on any atom is -0.497 e. The maximum absolute atomic E-state index is 9.53. The Labute approximate surface area is 108 Å². The van der Waals surface area contributed by atoms with Crippen molar-refractivity contribution in [2.24, 2.45) is 5.92 Å². The van der Waals surface area contributed by atoms with Crippen LogP contribution in [0.5, 0.6) is 5.75 Å². The lowest BCUT2D eigenvalue weighted by Gasteiger charge is -2.30. The molecule has 2 rings (SSSR count). The second kappa shape index (κ2) is 6.61. The van der Waals surface area contributed by atoms with Crippen molar-refractivity contribution >= 4 is 5.69 Å². The van der Waals surface area contributed by atoms with Crippen LogP contribution in [0.15, 0.2) is 24.3 Å². The third kappa shape index (κ3) is 3.37. The first-order valence-corrected chi connectivity index (χ1v) is 6.42. The molecule has 0 radical (unpaired) electrons. The predicted molar refractivity (Wildman–Crippen MR) is 71.0 cm³/mol. The molecule has 1 aliphatic rings. The molecule has 4 nitrogen and oxygen atoms in total. The van der Waals surface area contributed by atoms with E-state index in [0.717, 1.165) is 37.5 Å². The molecule has 1 aromatic rings. The lowest BCUT2D eigenvalue weighted by atomic mass is 9.92. The molecule has 2 N–H and O–H groups in total. The highest BCUT2D eigenvalue weighted by Gasteiger charge is 2.23. The number of aliphatic hydroxyl groups excluding tert-OH is 1. The molecule has 18 heavy (non-hydrogen) atoms. The Hall–Kier alpha value is -1.26. The van der Waals surface area contributed by atoms with Crippen LogP contribution in [0.3, 0.4) is 0 Å². The Kier molecular flexibility index (Phi) is 4.84. The molecule has 1 unspecified atom stereocenters. The molecular formula is C14H21NO3. The summed E-state index contributed by atoms with van der Waals surface area (Å²) in [5.74, 6) is 1.29. The van der Waals surface area contributed by atoms with Gasteiger partial charge >= 0.3 is 0 Å². The Morgan fingerprint density at radius 2 is 2.22 bits per heavy atom. The molecule has 0 amide bonds. The molecule has 0 saturated carbocycles. The molecule has 0 aliphatic carbocycles. The third-order valence-corrected chi connectivity index (χ3v) is 3.45. The van der Waals surface area contributed by atoms with E-state index in [0.29, 0.717) is 5.92 Å². The van der Waals surface area contributed by atoms with Gasteiger partial charge in [0.05, 0.1) is 19.8 Å². The van der Waals surface area contributed by atoms with Crippen LogP contribution < -0.4 is 10.1 Å². The molecule has 100 valence electrons. The number of hydrogen-bond donors (Lipinski definition) is 2. The maximum Gasteiger partial charge on any atom is 0.120 e. The summed E-state index contributed by atoms with van der Waals surface area (Å²) in [7, 11) is 1.65. The molecule has 1 aromatic carbocycles. The summed E-state index contributed by atoms with van der Waals surface area (Å²) in [5.41, 5.74) is 0.986. The quantitative estimate of drug-likeness (QED) is 0.839. The summed E-state index contributed by atoms with van der Waals surface area (Å²) in [5, 5.41) is 12.9. The smallest absolute Gasteiger partial charge is 0.120 e. The van der Waals surface area contributed by atoms with E-state index >= 15 is 0 Å². The van der Waals surface area contributed by atoms with E-state index in [4.69, 9.17) is 9.47 Å². The highest BCUT2D eigenvalue weighted by atomic mass is 16.5. The summed E-state index contributed by atoms with van der Waals surface area (Å²) >= 11 is 0. The fraction of sp³-hybridized carbons (Fsp3) is 0.571. The highest BCUT2D eigenvalue weighted by Crippen LogP contribution is 2.23. The average molecular weight is 251 g/mol. The highest BCUT2D eigenvalue weighted by molar-refractivity contribution is 5.49. The second-order valence-corrected chi connectivity index (χ2v) is 4.62. The zero-order valence-electron chi connectivity index (χ0n) is 10.8. The van der Waals surface area contributed by atoms with E-state index in [2.05, 4.69) is 5.32 Å². The van der Waals surface area contributed by atoms with Gasteiger partial charge < -0.3 is 19.9 Å². The van der Waals surface area contributed by atoms with Crippen molar-refractivity contribution in [2.75, 3.05) is 32.2 Å². The van der Waals surface area contributed by atoms with Crippen LogP contribution in [0, 0.1) is 5.92 Å². The van der Waals surface area contributed by atoms with Crippen molar-refractivity contribution in [1.29, 1.82) is 0 Å². The first-order valence-electron chi connectivity index (χ1n) is 6.42. The van der Waals surface area contributed by atoms with Gasteiger partial charge in [-0.3, -0.25) is 0 Å². The van der Waals surface area contributed by atoms with Crippen LogP contribution in [0.2, 0.25) is 0 Å². The second-order valence-electron chi connectivity index (χ2n) is 4.62. The molecule has 1 heterocycles. The lowest BCUT2D eigenvalue weighted by molar-refractivity contribution is 0.0534. The number of aliphatic hydroxyl groups is 1. The number of anilines is 1. The van der Waals surface area contributed by atoms with Crippen molar-refractivity contribution in [3.05, 3.63) is 24.3 Å².